The molecule has 4 nitrogen and oxygen atoms in total. The normalized spacial score (nSPS) is 14.9. The molecule has 0 unspecified atom stereocenters. The monoisotopic (exact) mass is 353 g/mol. The van der Waals surface area contributed by atoms with Crippen molar-refractivity contribution in [2.45, 2.75) is 38.0 Å². The van der Waals surface area contributed by atoms with Gasteiger partial charge < -0.3 is 9.52 Å². The van der Waals surface area contributed by atoms with Crippen molar-refractivity contribution in [3.8, 4) is 11.3 Å². The van der Waals surface area contributed by atoms with Crippen LogP contribution in [0.1, 0.15) is 30.6 Å². The molecule has 1 aliphatic rings. The summed E-state index contributed by atoms with van der Waals surface area (Å²) in [5, 5.41) is 8.83. The molecule has 7 heteroatoms. The zero-order chi connectivity index (χ0) is 18.0. The fraction of sp³-hybridized carbons (Fsp3) is 0.389. The molecule has 0 bridgehead atoms. The quantitative estimate of drug-likeness (QED) is 0.801. The van der Waals surface area contributed by atoms with E-state index in [0.29, 0.717) is 24.9 Å². The SMILES string of the molecule is O=C(O)CCN(Cc1ccc(-c2ccccc2C(F)(F)F)o1)C1CC1. The first-order valence-electron chi connectivity index (χ1n) is 8.06. The van der Waals surface area contributed by atoms with Gasteiger partial charge in [-0.05, 0) is 31.0 Å². The van der Waals surface area contributed by atoms with Crippen LogP contribution >= 0.6 is 0 Å². The number of furan rings is 1. The van der Waals surface area contributed by atoms with Crippen molar-refractivity contribution in [2.24, 2.45) is 0 Å². The molecule has 1 heterocycles. The number of hydrogen-bond donors (Lipinski definition) is 1. The van der Waals surface area contributed by atoms with Gasteiger partial charge in [0, 0.05) is 18.2 Å². The lowest BCUT2D eigenvalue weighted by Crippen LogP contribution is -2.27. The van der Waals surface area contributed by atoms with E-state index in [1.807, 2.05) is 4.90 Å². The first-order chi connectivity index (χ1) is 11.8. The van der Waals surface area contributed by atoms with Gasteiger partial charge in [-0.2, -0.15) is 13.2 Å². The van der Waals surface area contributed by atoms with Gasteiger partial charge in [0.25, 0.3) is 0 Å². The van der Waals surface area contributed by atoms with Crippen molar-refractivity contribution in [3.63, 3.8) is 0 Å². The van der Waals surface area contributed by atoms with E-state index in [0.717, 1.165) is 18.9 Å². The minimum atomic E-state index is -4.45. The Balaban J connectivity index is 1.77. The minimum Gasteiger partial charge on any atom is -0.481 e. The van der Waals surface area contributed by atoms with E-state index < -0.39 is 17.7 Å². The number of carboxylic acids is 1. The highest BCUT2D eigenvalue weighted by molar-refractivity contribution is 5.67. The summed E-state index contributed by atoms with van der Waals surface area (Å²) in [5.74, 6) is -0.175. The van der Waals surface area contributed by atoms with E-state index in [-0.39, 0.29) is 17.7 Å². The lowest BCUT2D eigenvalue weighted by molar-refractivity contribution is -0.138. The Morgan fingerprint density at radius 2 is 1.92 bits per heavy atom. The van der Waals surface area contributed by atoms with E-state index in [2.05, 4.69) is 0 Å². The van der Waals surface area contributed by atoms with E-state index in [1.54, 1.807) is 6.07 Å². The number of nitrogens with zero attached hydrogens (tertiary/aromatic N) is 1. The molecule has 3 rings (SSSR count). The van der Waals surface area contributed by atoms with Crippen LogP contribution in [0.15, 0.2) is 40.8 Å². The van der Waals surface area contributed by atoms with Crippen LogP contribution in [0.3, 0.4) is 0 Å². The molecule has 1 saturated carbocycles. The average Bonchev–Trinajstić information content (AvgIpc) is 3.29. The van der Waals surface area contributed by atoms with Gasteiger partial charge in [-0.15, -0.1) is 0 Å². The Labute approximate surface area is 142 Å². The third-order valence-corrected chi connectivity index (χ3v) is 4.19. The van der Waals surface area contributed by atoms with Crippen LogP contribution in [0.4, 0.5) is 13.2 Å². The van der Waals surface area contributed by atoms with Crippen LogP contribution < -0.4 is 0 Å². The molecular formula is C18H18F3NO3. The van der Waals surface area contributed by atoms with Crippen molar-refractivity contribution in [1.29, 1.82) is 0 Å². The molecule has 1 aliphatic carbocycles. The second-order valence-electron chi connectivity index (χ2n) is 6.15. The maximum Gasteiger partial charge on any atom is 0.417 e. The number of benzene rings is 1. The summed E-state index contributed by atoms with van der Waals surface area (Å²) in [6.45, 7) is 0.793. The Morgan fingerprint density at radius 3 is 2.56 bits per heavy atom. The fourth-order valence-corrected chi connectivity index (χ4v) is 2.82. The first-order valence-corrected chi connectivity index (χ1v) is 8.06. The molecule has 25 heavy (non-hydrogen) atoms. The van der Waals surface area contributed by atoms with Gasteiger partial charge >= 0.3 is 12.1 Å². The number of hydrogen-bond acceptors (Lipinski definition) is 3. The van der Waals surface area contributed by atoms with Crippen LogP contribution in [-0.2, 0) is 17.5 Å². The molecule has 0 amide bonds. The number of carboxylic acid groups (broad SMARTS) is 1. The van der Waals surface area contributed by atoms with Crippen LogP contribution in [0, 0.1) is 0 Å². The first kappa shape index (κ1) is 17.5. The molecule has 0 spiro atoms. The molecule has 134 valence electrons. The molecule has 2 aromatic rings. The smallest absolute Gasteiger partial charge is 0.417 e. The Bertz CT molecular complexity index is 750. The summed E-state index contributed by atoms with van der Waals surface area (Å²) in [6, 6.07) is 8.80. The number of carbonyl (C=O) groups is 1. The zero-order valence-electron chi connectivity index (χ0n) is 13.4. The largest absolute Gasteiger partial charge is 0.481 e. The highest BCUT2D eigenvalue weighted by atomic mass is 19.4. The number of alkyl halides is 3. The topological polar surface area (TPSA) is 53.7 Å². The van der Waals surface area contributed by atoms with Crippen molar-refractivity contribution in [3.05, 3.63) is 47.7 Å². The van der Waals surface area contributed by atoms with Gasteiger partial charge in [-0.1, -0.05) is 18.2 Å². The van der Waals surface area contributed by atoms with Gasteiger partial charge in [-0.3, -0.25) is 9.69 Å². The lowest BCUT2D eigenvalue weighted by Gasteiger charge is -2.19. The van der Waals surface area contributed by atoms with Crippen LogP contribution in [-0.4, -0.2) is 28.6 Å². The van der Waals surface area contributed by atoms with E-state index >= 15 is 0 Å². The minimum absolute atomic E-state index is 0.00441. The van der Waals surface area contributed by atoms with E-state index in [1.165, 1.54) is 24.3 Å². The molecule has 1 aromatic heterocycles. The van der Waals surface area contributed by atoms with Crippen molar-refractivity contribution in [2.75, 3.05) is 6.54 Å². The number of halogens is 3. The summed E-state index contributed by atoms with van der Waals surface area (Å²) in [7, 11) is 0. The summed E-state index contributed by atoms with van der Waals surface area (Å²) in [5.41, 5.74) is -0.731. The van der Waals surface area contributed by atoms with Crippen LogP contribution in [0.5, 0.6) is 0 Å². The second-order valence-corrected chi connectivity index (χ2v) is 6.15. The Kier molecular flexibility index (Phi) is 4.85. The predicted octanol–water partition coefficient (Wildman–Crippen LogP) is 4.40. The maximum atomic E-state index is 13.1. The van der Waals surface area contributed by atoms with Crippen molar-refractivity contribution >= 4 is 5.97 Å². The molecule has 0 aliphatic heterocycles. The Morgan fingerprint density at radius 1 is 1.20 bits per heavy atom. The van der Waals surface area contributed by atoms with Gasteiger partial charge in [0.2, 0.25) is 0 Å². The Hall–Kier alpha value is -2.28. The fourth-order valence-electron chi connectivity index (χ4n) is 2.82. The van der Waals surface area contributed by atoms with Crippen LogP contribution in [0.25, 0.3) is 11.3 Å². The van der Waals surface area contributed by atoms with Crippen LogP contribution in [0.2, 0.25) is 0 Å². The third kappa shape index (κ3) is 4.42. The van der Waals surface area contributed by atoms with Gasteiger partial charge in [0.1, 0.15) is 11.5 Å². The standard InChI is InChI=1S/C18H18F3NO3/c19-18(20,21)15-4-2-1-3-14(15)16-8-7-13(25-16)11-22(12-5-6-12)10-9-17(23)24/h1-4,7-8,12H,5-6,9-11H2,(H,23,24). The predicted molar refractivity (Wildman–Crippen MR) is 84.8 cm³/mol. The zero-order valence-corrected chi connectivity index (χ0v) is 13.4. The molecule has 1 aromatic carbocycles. The van der Waals surface area contributed by atoms with Crippen molar-refractivity contribution in [1.82, 2.24) is 4.90 Å². The summed E-state index contributed by atoms with van der Waals surface area (Å²) in [4.78, 5) is 12.8. The molecule has 0 radical (unpaired) electrons. The molecular weight excluding hydrogens is 335 g/mol. The summed E-state index contributed by atoms with van der Waals surface area (Å²) in [6.07, 6.45) is -2.42. The lowest BCUT2D eigenvalue weighted by atomic mass is 10.1. The average molecular weight is 353 g/mol. The molecule has 1 fully saturated rings. The number of rotatable bonds is 7. The van der Waals surface area contributed by atoms with Crippen molar-refractivity contribution < 1.29 is 27.5 Å². The highest BCUT2D eigenvalue weighted by Gasteiger charge is 2.34. The molecule has 0 atom stereocenters. The van der Waals surface area contributed by atoms with Gasteiger partial charge in [0.15, 0.2) is 0 Å². The summed E-state index contributed by atoms with van der Waals surface area (Å²) < 4.78 is 45.0. The van der Waals surface area contributed by atoms with E-state index in [9.17, 15) is 18.0 Å². The molecule has 0 saturated heterocycles. The van der Waals surface area contributed by atoms with Gasteiger partial charge in [0.05, 0.1) is 18.5 Å². The molecule has 1 N–H and O–H groups in total. The summed E-state index contributed by atoms with van der Waals surface area (Å²) >= 11 is 0. The van der Waals surface area contributed by atoms with Gasteiger partial charge in [-0.25, -0.2) is 0 Å². The third-order valence-electron chi connectivity index (χ3n) is 4.19. The van der Waals surface area contributed by atoms with E-state index in [4.69, 9.17) is 9.52 Å². The second kappa shape index (κ2) is 6.92. The number of aliphatic carboxylic acids is 1. The maximum absolute atomic E-state index is 13.1. The highest BCUT2D eigenvalue weighted by Crippen LogP contribution is 2.38.